The van der Waals surface area contributed by atoms with Gasteiger partial charge in [-0.25, -0.2) is 0 Å². The number of unbranched alkanes of at least 4 members (excludes halogenated alkanes) is 1. The van der Waals surface area contributed by atoms with Crippen molar-refractivity contribution in [3.8, 4) is 11.5 Å². The van der Waals surface area contributed by atoms with Gasteiger partial charge in [0, 0.05) is 19.6 Å². The van der Waals surface area contributed by atoms with Crippen molar-refractivity contribution < 1.29 is 14.2 Å². The number of rotatable bonds is 8. The van der Waals surface area contributed by atoms with Crippen LogP contribution in [0.3, 0.4) is 0 Å². The molecule has 112 valence electrons. The third-order valence-corrected chi connectivity index (χ3v) is 3.37. The molecule has 1 heterocycles. The average Bonchev–Trinajstić information content (AvgIpc) is 2.50. The highest BCUT2D eigenvalue weighted by Gasteiger charge is 2.09. The smallest absolute Gasteiger partial charge is 0.119 e. The minimum Gasteiger partial charge on any atom is -0.494 e. The highest BCUT2D eigenvalue weighted by atomic mass is 16.5. The maximum atomic E-state index is 5.75. The van der Waals surface area contributed by atoms with Crippen molar-refractivity contribution in [3.63, 3.8) is 0 Å². The van der Waals surface area contributed by atoms with Gasteiger partial charge in [0.05, 0.1) is 19.8 Å². The Labute approximate surface area is 121 Å². The van der Waals surface area contributed by atoms with E-state index in [2.05, 4.69) is 11.8 Å². The third kappa shape index (κ3) is 5.39. The Balaban J connectivity index is 1.65. The Kier molecular flexibility index (Phi) is 6.68. The maximum absolute atomic E-state index is 5.75. The van der Waals surface area contributed by atoms with Crippen LogP contribution in [0.4, 0.5) is 0 Å². The molecule has 1 aromatic rings. The second-order valence-corrected chi connectivity index (χ2v) is 4.98. The molecule has 0 unspecified atom stereocenters. The van der Waals surface area contributed by atoms with E-state index in [0.717, 1.165) is 70.4 Å². The lowest BCUT2D eigenvalue weighted by molar-refractivity contribution is 0.0322. The molecule has 0 bridgehead atoms. The largest absolute Gasteiger partial charge is 0.494 e. The zero-order chi connectivity index (χ0) is 14.0. The molecular weight excluding hydrogens is 254 g/mol. The summed E-state index contributed by atoms with van der Waals surface area (Å²) in [6.07, 6.45) is 2.25. The Hall–Kier alpha value is -1.26. The van der Waals surface area contributed by atoms with E-state index in [1.54, 1.807) is 0 Å². The number of morpholine rings is 1. The fraction of sp³-hybridized carbons (Fsp3) is 0.625. The highest BCUT2D eigenvalue weighted by Crippen LogP contribution is 2.17. The highest BCUT2D eigenvalue weighted by molar-refractivity contribution is 5.31. The van der Waals surface area contributed by atoms with Crippen LogP contribution in [0.2, 0.25) is 0 Å². The van der Waals surface area contributed by atoms with E-state index in [1.807, 2.05) is 24.3 Å². The monoisotopic (exact) mass is 279 g/mol. The van der Waals surface area contributed by atoms with Gasteiger partial charge < -0.3 is 14.2 Å². The van der Waals surface area contributed by atoms with Gasteiger partial charge in [0.1, 0.15) is 18.1 Å². The number of ether oxygens (including phenoxy) is 3. The van der Waals surface area contributed by atoms with E-state index >= 15 is 0 Å². The van der Waals surface area contributed by atoms with Crippen molar-refractivity contribution in [3.05, 3.63) is 24.3 Å². The second-order valence-electron chi connectivity index (χ2n) is 4.98. The summed E-state index contributed by atoms with van der Waals surface area (Å²) in [5, 5.41) is 0. The molecule has 2 rings (SSSR count). The molecule has 0 N–H and O–H groups in total. The van der Waals surface area contributed by atoms with Gasteiger partial charge in [0.15, 0.2) is 0 Å². The molecule has 0 aliphatic carbocycles. The van der Waals surface area contributed by atoms with Crippen molar-refractivity contribution in [2.45, 2.75) is 19.8 Å². The first-order valence-corrected chi connectivity index (χ1v) is 7.54. The quantitative estimate of drug-likeness (QED) is 0.684. The summed E-state index contributed by atoms with van der Waals surface area (Å²) >= 11 is 0. The number of hydrogen-bond acceptors (Lipinski definition) is 4. The van der Waals surface area contributed by atoms with Gasteiger partial charge in [0.2, 0.25) is 0 Å². The first-order valence-electron chi connectivity index (χ1n) is 7.54. The minimum absolute atomic E-state index is 0.718. The first-order chi connectivity index (χ1) is 9.88. The molecule has 1 saturated heterocycles. The molecule has 20 heavy (non-hydrogen) atoms. The van der Waals surface area contributed by atoms with Crippen LogP contribution in [0, 0.1) is 0 Å². The molecule has 0 amide bonds. The Morgan fingerprint density at radius 2 is 1.60 bits per heavy atom. The molecule has 1 aliphatic heterocycles. The van der Waals surface area contributed by atoms with Crippen LogP contribution in [-0.2, 0) is 4.74 Å². The van der Waals surface area contributed by atoms with Gasteiger partial charge >= 0.3 is 0 Å². The van der Waals surface area contributed by atoms with Crippen molar-refractivity contribution >= 4 is 0 Å². The molecule has 4 heteroatoms. The van der Waals surface area contributed by atoms with Gasteiger partial charge in [-0.3, -0.25) is 4.90 Å². The lowest BCUT2D eigenvalue weighted by atomic mass is 10.3. The Bertz CT molecular complexity index is 360. The van der Waals surface area contributed by atoms with Crippen molar-refractivity contribution in [2.75, 3.05) is 46.1 Å². The van der Waals surface area contributed by atoms with Crippen molar-refractivity contribution in [1.82, 2.24) is 4.90 Å². The van der Waals surface area contributed by atoms with E-state index in [4.69, 9.17) is 14.2 Å². The summed E-state index contributed by atoms with van der Waals surface area (Å²) in [6.45, 7) is 8.31. The molecule has 0 radical (unpaired) electrons. The molecular formula is C16H25NO3. The molecule has 4 nitrogen and oxygen atoms in total. The van der Waals surface area contributed by atoms with Gasteiger partial charge in [0.25, 0.3) is 0 Å². The summed E-state index contributed by atoms with van der Waals surface area (Å²) in [5.74, 6) is 1.82. The van der Waals surface area contributed by atoms with Crippen LogP contribution in [0.5, 0.6) is 11.5 Å². The van der Waals surface area contributed by atoms with Crippen LogP contribution >= 0.6 is 0 Å². The summed E-state index contributed by atoms with van der Waals surface area (Å²) in [4.78, 5) is 2.37. The maximum Gasteiger partial charge on any atom is 0.119 e. The summed E-state index contributed by atoms with van der Waals surface area (Å²) in [6, 6.07) is 7.89. The molecule has 1 aromatic carbocycles. The molecule has 0 spiro atoms. The van der Waals surface area contributed by atoms with Crippen LogP contribution in [0.15, 0.2) is 24.3 Å². The van der Waals surface area contributed by atoms with E-state index in [1.165, 1.54) is 0 Å². The van der Waals surface area contributed by atoms with Gasteiger partial charge in [-0.1, -0.05) is 13.3 Å². The standard InChI is InChI=1S/C16H25NO3/c1-2-3-11-19-15-4-6-16(7-5-15)20-14-10-17-8-12-18-13-9-17/h4-7H,2-3,8-14H2,1H3. The van der Waals surface area contributed by atoms with E-state index < -0.39 is 0 Å². The van der Waals surface area contributed by atoms with Gasteiger partial charge in [-0.15, -0.1) is 0 Å². The van der Waals surface area contributed by atoms with Crippen LogP contribution in [-0.4, -0.2) is 51.0 Å². The van der Waals surface area contributed by atoms with E-state index in [9.17, 15) is 0 Å². The predicted octanol–water partition coefficient (Wildman–Crippen LogP) is 2.58. The summed E-state index contributed by atoms with van der Waals surface area (Å²) < 4.78 is 16.7. The Morgan fingerprint density at radius 1 is 1.00 bits per heavy atom. The number of nitrogens with zero attached hydrogens (tertiary/aromatic N) is 1. The molecule has 1 fully saturated rings. The lowest BCUT2D eigenvalue weighted by Gasteiger charge is -2.26. The molecule has 0 atom stereocenters. The van der Waals surface area contributed by atoms with E-state index in [-0.39, 0.29) is 0 Å². The van der Waals surface area contributed by atoms with Gasteiger partial charge in [-0.05, 0) is 30.7 Å². The van der Waals surface area contributed by atoms with E-state index in [0.29, 0.717) is 0 Å². The predicted molar refractivity (Wildman–Crippen MR) is 79.6 cm³/mol. The minimum atomic E-state index is 0.718. The molecule has 1 aliphatic rings. The van der Waals surface area contributed by atoms with Gasteiger partial charge in [-0.2, -0.15) is 0 Å². The average molecular weight is 279 g/mol. The fourth-order valence-corrected chi connectivity index (χ4v) is 2.08. The van der Waals surface area contributed by atoms with Crippen molar-refractivity contribution in [2.24, 2.45) is 0 Å². The number of benzene rings is 1. The van der Waals surface area contributed by atoms with Crippen LogP contribution < -0.4 is 9.47 Å². The molecule has 0 saturated carbocycles. The summed E-state index contributed by atoms with van der Waals surface area (Å²) in [7, 11) is 0. The van der Waals surface area contributed by atoms with Crippen molar-refractivity contribution in [1.29, 1.82) is 0 Å². The van der Waals surface area contributed by atoms with Crippen LogP contribution in [0.25, 0.3) is 0 Å². The molecule has 0 aromatic heterocycles. The zero-order valence-electron chi connectivity index (χ0n) is 12.3. The third-order valence-electron chi connectivity index (χ3n) is 3.37. The zero-order valence-corrected chi connectivity index (χ0v) is 12.3. The second kappa shape index (κ2) is 8.82. The SMILES string of the molecule is CCCCOc1ccc(OCCN2CCOCC2)cc1. The summed E-state index contributed by atoms with van der Waals surface area (Å²) in [5.41, 5.74) is 0. The Morgan fingerprint density at radius 3 is 2.20 bits per heavy atom. The lowest BCUT2D eigenvalue weighted by Crippen LogP contribution is -2.38. The fourth-order valence-electron chi connectivity index (χ4n) is 2.08. The topological polar surface area (TPSA) is 30.9 Å². The first kappa shape index (κ1) is 15.1. The van der Waals surface area contributed by atoms with Crippen LogP contribution in [0.1, 0.15) is 19.8 Å². The number of hydrogen-bond donors (Lipinski definition) is 0. The normalized spacial score (nSPS) is 16.1.